The van der Waals surface area contributed by atoms with Crippen LogP contribution in [0.3, 0.4) is 0 Å². The number of pyridine rings is 1. The van der Waals surface area contributed by atoms with E-state index >= 15 is 0 Å². The third-order valence-electron chi connectivity index (χ3n) is 2.87. The summed E-state index contributed by atoms with van der Waals surface area (Å²) in [5, 5.41) is 0. The Balaban J connectivity index is 2.38. The third-order valence-corrected chi connectivity index (χ3v) is 4.27. The van der Waals surface area contributed by atoms with Gasteiger partial charge in [-0.3, -0.25) is 4.72 Å². The predicted octanol–water partition coefficient (Wildman–Crippen LogP) is 1.49. The largest absolute Gasteiger partial charge is 0.497 e. The van der Waals surface area contributed by atoms with Crippen LogP contribution in [0.15, 0.2) is 41.4 Å². The summed E-state index contributed by atoms with van der Waals surface area (Å²) in [5.74, 6) is 6.02. The van der Waals surface area contributed by atoms with E-state index in [9.17, 15) is 8.42 Å². The summed E-state index contributed by atoms with van der Waals surface area (Å²) in [4.78, 5) is 3.85. The highest BCUT2D eigenvalue weighted by Gasteiger charge is 2.19. The minimum absolute atomic E-state index is 0.0253. The Labute approximate surface area is 123 Å². The van der Waals surface area contributed by atoms with Crippen LogP contribution in [-0.4, -0.2) is 20.5 Å². The van der Waals surface area contributed by atoms with Gasteiger partial charge in [0.2, 0.25) is 0 Å². The normalized spacial score (nSPS) is 11.0. The standard InChI is InChI=1S/C13H16N4O3S/c1-9-8-10(20-2)5-6-11(9)17-21(18,19)12-4-3-7-15-13(12)16-14/h3-8,17H,14H2,1-2H3,(H,15,16). The number of hydrogen-bond acceptors (Lipinski definition) is 6. The van der Waals surface area contributed by atoms with E-state index in [2.05, 4.69) is 15.1 Å². The highest BCUT2D eigenvalue weighted by Crippen LogP contribution is 2.25. The fourth-order valence-corrected chi connectivity index (χ4v) is 3.05. The van der Waals surface area contributed by atoms with Gasteiger partial charge in [-0.1, -0.05) is 0 Å². The third kappa shape index (κ3) is 3.23. The molecule has 0 spiro atoms. The van der Waals surface area contributed by atoms with Gasteiger partial charge in [-0.15, -0.1) is 0 Å². The first-order valence-electron chi connectivity index (χ1n) is 6.07. The number of aryl methyl sites for hydroxylation is 1. The van der Waals surface area contributed by atoms with Crippen molar-refractivity contribution < 1.29 is 13.2 Å². The lowest BCUT2D eigenvalue weighted by atomic mass is 10.2. The molecule has 112 valence electrons. The Morgan fingerprint density at radius 1 is 1.29 bits per heavy atom. The summed E-state index contributed by atoms with van der Waals surface area (Å²) >= 11 is 0. The number of sulfonamides is 1. The number of nitrogens with two attached hydrogens (primary N) is 1. The number of rotatable bonds is 5. The summed E-state index contributed by atoms with van der Waals surface area (Å²) in [7, 11) is -2.24. The zero-order valence-corrected chi connectivity index (χ0v) is 12.4. The number of nitrogens with one attached hydrogen (secondary N) is 2. The first kappa shape index (κ1) is 15.1. The quantitative estimate of drug-likeness (QED) is 0.570. The van der Waals surface area contributed by atoms with Crippen LogP contribution in [0.5, 0.6) is 5.75 Å². The molecule has 21 heavy (non-hydrogen) atoms. The smallest absolute Gasteiger partial charge is 0.265 e. The molecule has 0 fully saturated rings. The Morgan fingerprint density at radius 2 is 2.05 bits per heavy atom. The number of methoxy groups -OCH3 is 1. The van der Waals surface area contributed by atoms with Gasteiger partial charge in [0.15, 0.2) is 5.82 Å². The number of ether oxygens (including phenoxy) is 1. The van der Waals surface area contributed by atoms with Crippen LogP contribution in [0.2, 0.25) is 0 Å². The van der Waals surface area contributed by atoms with Crippen molar-refractivity contribution >= 4 is 21.5 Å². The van der Waals surface area contributed by atoms with E-state index in [-0.39, 0.29) is 10.7 Å². The summed E-state index contributed by atoms with van der Waals surface area (Å²) in [6.45, 7) is 1.78. The maximum atomic E-state index is 12.4. The Hall–Kier alpha value is -2.32. The summed E-state index contributed by atoms with van der Waals surface area (Å²) in [6, 6.07) is 8.00. The van der Waals surface area contributed by atoms with Crippen LogP contribution < -0.4 is 20.7 Å². The number of hydrogen-bond donors (Lipinski definition) is 3. The van der Waals surface area contributed by atoms with E-state index in [0.29, 0.717) is 11.4 Å². The Morgan fingerprint density at radius 3 is 2.67 bits per heavy atom. The molecule has 2 aromatic rings. The van der Waals surface area contributed by atoms with Crippen LogP contribution in [-0.2, 0) is 10.0 Å². The van der Waals surface area contributed by atoms with Gasteiger partial charge in [-0.25, -0.2) is 19.2 Å². The van der Waals surface area contributed by atoms with E-state index in [4.69, 9.17) is 10.6 Å². The van der Waals surface area contributed by atoms with E-state index in [0.717, 1.165) is 5.56 Å². The topological polar surface area (TPSA) is 106 Å². The molecule has 0 aliphatic heterocycles. The molecule has 1 heterocycles. The van der Waals surface area contributed by atoms with Gasteiger partial charge in [0, 0.05) is 6.20 Å². The van der Waals surface area contributed by atoms with Crippen LogP contribution in [0.1, 0.15) is 5.56 Å². The number of anilines is 2. The molecule has 0 unspecified atom stereocenters. The van der Waals surface area contributed by atoms with Crippen molar-refractivity contribution in [1.29, 1.82) is 0 Å². The number of benzene rings is 1. The van der Waals surface area contributed by atoms with Crippen molar-refractivity contribution in [2.75, 3.05) is 17.3 Å². The second-order valence-corrected chi connectivity index (χ2v) is 5.93. The molecule has 0 saturated heterocycles. The minimum atomic E-state index is -3.79. The van der Waals surface area contributed by atoms with Crippen molar-refractivity contribution in [1.82, 2.24) is 4.98 Å². The molecule has 7 nitrogen and oxygen atoms in total. The SMILES string of the molecule is COc1ccc(NS(=O)(=O)c2cccnc2NN)c(C)c1. The van der Waals surface area contributed by atoms with E-state index in [1.807, 2.05) is 0 Å². The minimum Gasteiger partial charge on any atom is -0.497 e. The average molecular weight is 308 g/mol. The molecule has 0 radical (unpaired) electrons. The van der Waals surface area contributed by atoms with Crippen molar-refractivity contribution in [2.24, 2.45) is 5.84 Å². The monoisotopic (exact) mass is 308 g/mol. The maximum Gasteiger partial charge on any atom is 0.265 e. The van der Waals surface area contributed by atoms with Gasteiger partial charge < -0.3 is 10.2 Å². The molecule has 2 rings (SSSR count). The van der Waals surface area contributed by atoms with Crippen molar-refractivity contribution in [3.8, 4) is 5.75 Å². The van der Waals surface area contributed by atoms with Crippen LogP contribution in [0.4, 0.5) is 11.5 Å². The van der Waals surface area contributed by atoms with Gasteiger partial charge in [-0.05, 0) is 42.8 Å². The molecule has 8 heteroatoms. The number of nitrogen functional groups attached to an aromatic ring is 1. The zero-order chi connectivity index (χ0) is 15.5. The second kappa shape index (κ2) is 5.98. The first-order valence-corrected chi connectivity index (χ1v) is 7.55. The van der Waals surface area contributed by atoms with Crippen LogP contribution >= 0.6 is 0 Å². The summed E-state index contributed by atoms with van der Waals surface area (Å²) < 4.78 is 32.4. The fourth-order valence-electron chi connectivity index (χ4n) is 1.79. The lowest BCUT2D eigenvalue weighted by molar-refractivity contribution is 0.414. The Kier molecular flexibility index (Phi) is 4.29. The molecule has 4 N–H and O–H groups in total. The van der Waals surface area contributed by atoms with E-state index in [1.165, 1.54) is 18.3 Å². The van der Waals surface area contributed by atoms with Gasteiger partial charge >= 0.3 is 0 Å². The summed E-state index contributed by atoms with van der Waals surface area (Å²) in [6.07, 6.45) is 1.45. The molecular formula is C13H16N4O3S. The van der Waals surface area contributed by atoms with Gasteiger partial charge in [0.05, 0.1) is 12.8 Å². The number of hydrazine groups is 1. The highest BCUT2D eigenvalue weighted by molar-refractivity contribution is 7.92. The zero-order valence-electron chi connectivity index (χ0n) is 11.6. The second-order valence-electron chi connectivity index (χ2n) is 4.28. The average Bonchev–Trinajstić information content (AvgIpc) is 2.49. The fraction of sp³-hybridized carbons (Fsp3) is 0.154. The van der Waals surface area contributed by atoms with Gasteiger partial charge in [-0.2, -0.15) is 0 Å². The molecule has 0 bridgehead atoms. The highest BCUT2D eigenvalue weighted by atomic mass is 32.2. The van der Waals surface area contributed by atoms with Crippen molar-refractivity contribution in [2.45, 2.75) is 11.8 Å². The molecule has 1 aromatic heterocycles. The Bertz CT molecular complexity index is 747. The van der Waals surface area contributed by atoms with Crippen LogP contribution in [0.25, 0.3) is 0 Å². The van der Waals surface area contributed by atoms with Gasteiger partial charge in [0.1, 0.15) is 10.6 Å². The summed E-state index contributed by atoms with van der Waals surface area (Å²) in [5.41, 5.74) is 3.47. The maximum absolute atomic E-state index is 12.4. The molecule has 0 saturated carbocycles. The number of nitrogens with zero attached hydrogens (tertiary/aromatic N) is 1. The number of aromatic nitrogens is 1. The van der Waals surface area contributed by atoms with Crippen molar-refractivity contribution in [3.63, 3.8) is 0 Å². The van der Waals surface area contributed by atoms with E-state index < -0.39 is 10.0 Å². The molecule has 0 aliphatic rings. The molecule has 0 aliphatic carbocycles. The lowest BCUT2D eigenvalue weighted by Crippen LogP contribution is -2.18. The first-order chi connectivity index (χ1) is 9.97. The lowest BCUT2D eigenvalue weighted by Gasteiger charge is -2.13. The van der Waals surface area contributed by atoms with Crippen molar-refractivity contribution in [3.05, 3.63) is 42.1 Å². The van der Waals surface area contributed by atoms with Gasteiger partial charge in [0.25, 0.3) is 10.0 Å². The molecular weight excluding hydrogens is 292 g/mol. The van der Waals surface area contributed by atoms with Crippen LogP contribution in [0, 0.1) is 6.92 Å². The van der Waals surface area contributed by atoms with E-state index in [1.54, 1.807) is 32.2 Å². The predicted molar refractivity (Wildman–Crippen MR) is 80.6 cm³/mol. The molecule has 0 amide bonds. The molecule has 0 atom stereocenters. The molecule has 1 aromatic carbocycles.